The Morgan fingerprint density at radius 1 is 1.32 bits per heavy atom. The van der Waals surface area contributed by atoms with Crippen molar-refractivity contribution in [2.75, 3.05) is 7.11 Å². The number of rotatable bonds is 3. The summed E-state index contributed by atoms with van der Waals surface area (Å²) >= 11 is 5.74. The van der Waals surface area contributed by atoms with Crippen LogP contribution in [-0.2, 0) is 6.54 Å². The number of fused-ring (bicyclic) bond motifs is 1. The SMILES string of the molecule is COc1cccc(Cn2cnc3ccc(Cl)c(F)c3c2=O)c1. The lowest BCUT2D eigenvalue weighted by molar-refractivity contribution is 0.414. The van der Waals surface area contributed by atoms with E-state index in [1.54, 1.807) is 7.11 Å². The molecule has 3 aromatic rings. The largest absolute Gasteiger partial charge is 0.497 e. The minimum atomic E-state index is -0.739. The van der Waals surface area contributed by atoms with Gasteiger partial charge in [0.05, 0.1) is 30.5 Å². The smallest absolute Gasteiger partial charge is 0.264 e. The fourth-order valence-electron chi connectivity index (χ4n) is 2.26. The number of benzene rings is 2. The highest BCUT2D eigenvalue weighted by Gasteiger charge is 2.12. The third-order valence-electron chi connectivity index (χ3n) is 3.37. The second-order valence-corrected chi connectivity index (χ2v) is 5.19. The van der Waals surface area contributed by atoms with Crippen LogP contribution in [-0.4, -0.2) is 16.7 Å². The number of nitrogens with zero attached hydrogens (tertiary/aromatic N) is 2. The lowest BCUT2D eigenvalue weighted by Crippen LogP contribution is -2.22. The summed E-state index contributed by atoms with van der Waals surface area (Å²) in [7, 11) is 1.57. The molecule has 0 aliphatic heterocycles. The summed E-state index contributed by atoms with van der Waals surface area (Å²) in [4.78, 5) is 16.6. The van der Waals surface area contributed by atoms with Gasteiger partial charge in [-0.15, -0.1) is 0 Å². The Hall–Kier alpha value is -2.40. The number of halogens is 2. The van der Waals surface area contributed by atoms with Gasteiger partial charge in [0.1, 0.15) is 11.1 Å². The van der Waals surface area contributed by atoms with Crippen molar-refractivity contribution in [2.45, 2.75) is 6.54 Å². The van der Waals surface area contributed by atoms with Crippen molar-refractivity contribution in [3.63, 3.8) is 0 Å². The molecule has 0 saturated heterocycles. The van der Waals surface area contributed by atoms with E-state index in [1.165, 1.54) is 23.0 Å². The van der Waals surface area contributed by atoms with Crippen LogP contribution in [0.1, 0.15) is 5.56 Å². The molecule has 0 fully saturated rings. The van der Waals surface area contributed by atoms with Crippen LogP contribution in [0, 0.1) is 5.82 Å². The second-order valence-electron chi connectivity index (χ2n) is 4.78. The van der Waals surface area contributed by atoms with Crippen LogP contribution in [0.2, 0.25) is 5.02 Å². The van der Waals surface area contributed by atoms with Gasteiger partial charge in [0.2, 0.25) is 0 Å². The summed E-state index contributed by atoms with van der Waals surface area (Å²) in [6.45, 7) is 0.269. The van der Waals surface area contributed by atoms with Crippen LogP contribution >= 0.6 is 11.6 Å². The van der Waals surface area contributed by atoms with Crippen LogP contribution in [0.25, 0.3) is 10.9 Å². The van der Waals surface area contributed by atoms with Crippen LogP contribution in [0.4, 0.5) is 4.39 Å². The molecule has 2 aromatic carbocycles. The molecule has 4 nitrogen and oxygen atoms in total. The Balaban J connectivity index is 2.10. The molecule has 22 heavy (non-hydrogen) atoms. The summed E-state index contributed by atoms with van der Waals surface area (Å²) in [5.41, 5.74) is 0.673. The highest BCUT2D eigenvalue weighted by molar-refractivity contribution is 6.31. The van der Waals surface area contributed by atoms with E-state index < -0.39 is 11.4 Å². The van der Waals surface area contributed by atoms with E-state index in [9.17, 15) is 9.18 Å². The van der Waals surface area contributed by atoms with Crippen molar-refractivity contribution in [3.05, 3.63) is 69.5 Å². The Morgan fingerprint density at radius 3 is 2.91 bits per heavy atom. The van der Waals surface area contributed by atoms with Crippen LogP contribution in [0.3, 0.4) is 0 Å². The van der Waals surface area contributed by atoms with Gasteiger partial charge in [-0.2, -0.15) is 0 Å². The standard InChI is InChI=1S/C16H12ClFN2O2/c1-22-11-4-2-3-10(7-11)8-20-9-19-13-6-5-12(17)15(18)14(13)16(20)21/h2-7,9H,8H2,1H3. The van der Waals surface area contributed by atoms with Gasteiger partial charge in [-0.1, -0.05) is 23.7 Å². The average molecular weight is 319 g/mol. The number of hydrogen-bond acceptors (Lipinski definition) is 3. The van der Waals surface area contributed by atoms with E-state index in [-0.39, 0.29) is 22.5 Å². The zero-order chi connectivity index (χ0) is 15.7. The topological polar surface area (TPSA) is 44.1 Å². The maximum atomic E-state index is 14.1. The Kier molecular flexibility index (Phi) is 3.81. The third-order valence-corrected chi connectivity index (χ3v) is 3.66. The van der Waals surface area contributed by atoms with Crippen molar-refractivity contribution in [1.82, 2.24) is 9.55 Å². The van der Waals surface area contributed by atoms with E-state index in [2.05, 4.69) is 4.98 Å². The lowest BCUT2D eigenvalue weighted by atomic mass is 10.2. The first-order chi connectivity index (χ1) is 10.6. The van der Waals surface area contributed by atoms with Gasteiger partial charge in [-0.05, 0) is 29.8 Å². The van der Waals surface area contributed by atoms with Crippen molar-refractivity contribution < 1.29 is 9.13 Å². The van der Waals surface area contributed by atoms with Gasteiger partial charge in [-0.3, -0.25) is 9.36 Å². The molecule has 3 rings (SSSR count). The van der Waals surface area contributed by atoms with Crippen LogP contribution < -0.4 is 10.3 Å². The summed E-state index contributed by atoms with van der Waals surface area (Å²) in [6.07, 6.45) is 1.40. The zero-order valence-corrected chi connectivity index (χ0v) is 12.5. The first-order valence-electron chi connectivity index (χ1n) is 6.56. The molecule has 1 heterocycles. The third kappa shape index (κ3) is 2.55. The maximum Gasteiger partial charge on any atom is 0.264 e. The highest BCUT2D eigenvalue weighted by atomic mass is 35.5. The fraction of sp³-hybridized carbons (Fsp3) is 0.125. The minimum Gasteiger partial charge on any atom is -0.497 e. The number of ether oxygens (including phenoxy) is 1. The first kappa shape index (κ1) is 14.5. The van der Waals surface area contributed by atoms with Gasteiger partial charge in [0.25, 0.3) is 5.56 Å². The maximum absolute atomic E-state index is 14.1. The molecule has 0 N–H and O–H groups in total. The predicted molar refractivity (Wildman–Crippen MR) is 83.1 cm³/mol. The second kappa shape index (κ2) is 5.77. The van der Waals surface area contributed by atoms with Crippen molar-refractivity contribution in [2.24, 2.45) is 0 Å². The number of aromatic nitrogens is 2. The molecule has 0 bridgehead atoms. The molecule has 0 spiro atoms. The van der Waals surface area contributed by atoms with Crippen LogP contribution in [0.5, 0.6) is 5.75 Å². The van der Waals surface area contributed by atoms with Crippen molar-refractivity contribution in [3.8, 4) is 5.75 Å². The quantitative estimate of drug-likeness (QED) is 0.744. The molecule has 6 heteroatoms. The lowest BCUT2D eigenvalue weighted by Gasteiger charge is -2.09. The molecule has 0 unspecified atom stereocenters. The Morgan fingerprint density at radius 2 is 2.14 bits per heavy atom. The molecule has 0 radical (unpaired) electrons. The van der Waals surface area contributed by atoms with E-state index in [0.29, 0.717) is 5.75 Å². The first-order valence-corrected chi connectivity index (χ1v) is 6.94. The van der Waals surface area contributed by atoms with Gasteiger partial charge in [0, 0.05) is 0 Å². The monoisotopic (exact) mass is 318 g/mol. The van der Waals surface area contributed by atoms with Gasteiger partial charge < -0.3 is 4.74 Å². The van der Waals surface area contributed by atoms with Crippen LogP contribution in [0.15, 0.2) is 47.5 Å². The van der Waals surface area contributed by atoms with E-state index in [4.69, 9.17) is 16.3 Å². The minimum absolute atomic E-state index is 0.0921. The van der Waals surface area contributed by atoms with E-state index >= 15 is 0 Å². The zero-order valence-electron chi connectivity index (χ0n) is 11.7. The molecule has 1 aromatic heterocycles. The average Bonchev–Trinajstić information content (AvgIpc) is 2.53. The molecular formula is C16H12ClFN2O2. The molecule has 0 atom stereocenters. The summed E-state index contributed by atoms with van der Waals surface area (Å²) in [5, 5.41) is -0.191. The van der Waals surface area contributed by atoms with Gasteiger partial charge in [-0.25, -0.2) is 9.37 Å². The Labute approximate surface area is 130 Å². The molecule has 0 aliphatic carbocycles. The summed E-state index contributed by atoms with van der Waals surface area (Å²) < 4.78 is 20.6. The fourth-order valence-corrected chi connectivity index (χ4v) is 2.42. The van der Waals surface area contributed by atoms with Crippen molar-refractivity contribution in [1.29, 1.82) is 0 Å². The number of methoxy groups -OCH3 is 1. The molecule has 0 amide bonds. The molecule has 112 valence electrons. The highest BCUT2D eigenvalue weighted by Crippen LogP contribution is 2.20. The molecule has 0 aliphatic rings. The Bertz CT molecular complexity index is 908. The van der Waals surface area contributed by atoms with E-state index in [0.717, 1.165) is 5.56 Å². The van der Waals surface area contributed by atoms with Gasteiger partial charge >= 0.3 is 0 Å². The summed E-state index contributed by atoms with van der Waals surface area (Å²) in [6, 6.07) is 10.2. The predicted octanol–water partition coefficient (Wildman–Crippen LogP) is 3.25. The molecule has 0 saturated carbocycles. The normalized spacial score (nSPS) is 10.9. The van der Waals surface area contributed by atoms with E-state index in [1.807, 2.05) is 24.3 Å². The van der Waals surface area contributed by atoms with Gasteiger partial charge in [0.15, 0.2) is 5.82 Å². The number of hydrogen-bond donors (Lipinski definition) is 0. The molecular weight excluding hydrogens is 307 g/mol. The summed E-state index contributed by atoms with van der Waals surface area (Å²) in [5.74, 6) is -0.0508. The van der Waals surface area contributed by atoms with Crippen molar-refractivity contribution >= 4 is 22.5 Å².